The van der Waals surface area contributed by atoms with Gasteiger partial charge in [0.15, 0.2) is 0 Å². The minimum absolute atomic E-state index is 0.00490. The first-order valence-corrected chi connectivity index (χ1v) is 9.16. The van der Waals surface area contributed by atoms with Crippen LogP contribution in [0.3, 0.4) is 0 Å². The third-order valence-corrected chi connectivity index (χ3v) is 4.91. The highest BCUT2D eigenvalue weighted by molar-refractivity contribution is 7.08. The van der Waals surface area contributed by atoms with Crippen molar-refractivity contribution in [2.24, 2.45) is 0 Å². The van der Waals surface area contributed by atoms with Crippen LogP contribution < -0.4 is 15.0 Å². The van der Waals surface area contributed by atoms with Gasteiger partial charge in [0.2, 0.25) is 0 Å². The summed E-state index contributed by atoms with van der Waals surface area (Å²) in [6.45, 7) is 2.57. The number of hydrogen-bond acceptors (Lipinski definition) is 4. The lowest BCUT2D eigenvalue weighted by molar-refractivity contribution is 0.0975. The Morgan fingerprint density at radius 3 is 2.64 bits per heavy atom. The van der Waals surface area contributed by atoms with Gasteiger partial charge in [-0.2, -0.15) is 11.3 Å². The molecule has 1 aliphatic heterocycles. The van der Waals surface area contributed by atoms with E-state index in [4.69, 9.17) is 4.74 Å². The van der Waals surface area contributed by atoms with Crippen LogP contribution in [0.15, 0.2) is 65.4 Å². The second-order valence-electron chi connectivity index (χ2n) is 5.75. The molecule has 4 rings (SSSR count). The molecule has 1 aliphatic rings. The second kappa shape index (κ2) is 6.61. The Morgan fingerprint density at radius 1 is 1.12 bits per heavy atom. The van der Waals surface area contributed by atoms with Gasteiger partial charge >= 0.3 is 0 Å². The molecule has 0 saturated carbocycles. The fraction of sp³-hybridized carbons (Fsp3) is 0.150. The topological polar surface area (TPSA) is 41.6 Å². The number of carbonyl (C=O) groups is 1. The lowest BCUT2D eigenvalue weighted by Crippen LogP contribution is -2.43. The molecule has 4 nitrogen and oxygen atoms in total. The van der Waals surface area contributed by atoms with E-state index in [1.807, 2.05) is 66.9 Å². The summed E-state index contributed by atoms with van der Waals surface area (Å²) < 4.78 is 5.51. The first-order chi connectivity index (χ1) is 12.3. The maximum atomic E-state index is 13.2. The number of nitrogens with zero attached hydrogens (tertiary/aromatic N) is 1. The quantitative estimate of drug-likeness (QED) is 0.726. The Morgan fingerprint density at radius 2 is 1.92 bits per heavy atom. The highest BCUT2D eigenvalue weighted by Crippen LogP contribution is 2.37. The van der Waals surface area contributed by atoms with Crippen LogP contribution in [0.4, 0.5) is 11.4 Å². The standard InChI is InChI=1S/C20H18N2O2S/c1-2-24-16-9-7-15(8-10-16)22-19(14-11-12-25-13-14)21-18-6-4-3-5-17(18)20(22)23/h3-13,19,21H,2H2,1H3/t19-/m0/s1. The van der Waals surface area contributed by atoms with Crippen LogP contribution in [-0.2, 0) is 0 Å². The number of benzene rings is 2. The monoisotopic (exact) mass is 350 g/mol. The summed E-state index contributed by atoms with van der Waals surface area (Å²) in [4.78, 5) is 15.0. The number of carbonyl (C=O) groups excluding carboxylic acids is 1. The largest absolute Gasteiger partial charge is 0.494 e. The molecule has 1 aromatic heterocycles. The van der Waals surface area contributed by atoms with Crippen molar-refractivity contribution in [3.63, 3.8) is 0 Å². The SMILES string of the molecule is CCOc1ccc(N2C(=O)c3ccccc3N[C@@H]2c2ccsc2)cc1. The van der Waals surface area contributed by atoms with Crippen LogP contribution in [0.1, 0.15) is 29.0 Å². The molecule has 0 unspecified atom stereocenters. The van der Waals surface area contributed by atoms with Gasteiger partial charge in [-0.1, -0.05) is 12.1 Å². The first-order valence-electron chi connectivity index (χ1n) is 8.22. The maximum Gasteiger partial charge on any atom is 0.262 e. The zero-order valence-corrected chi connectivity index (χ0v) is 14.6. The second-order valence-corrected chi connectivity index (χ2v) is 6.53. The van der Waals surface area contributed by atoms with E-state index in [1.54, 1.807) is 16.2 Å². The van der Waals surface area contributed by atoms with Crippen LogP contribution in [0.5, 0.6) is 5.75 Å². The molecule has 25 heavy (non-hydrogen) atoms. The average molecular weight is 350 g/mol. The van der Waals surface area contributed by atoms with Gasteiger partial charge in [-0.3, -0.25) is 9.69 Å². The molecule has 2 aromatic carbocycles. The van der Waals surface area contributed by atoms with Gasteiger partial charge in [0, 0.05) is 16.9 Å². The molecule has 0 aliphatic carbocycles. The van der Waals surface area contributed by atoms with E-state index in [1.165, 1.54) is 0 Å². The number of anilines is 2. The van der Waals surface area contributed by atoms with Crippen LogP contribution in [0.2, 0.25) is 0 Å². The van der Waals surface area contributed by atoms with Gasteiger partial charge in [-0.15, -0.1) is 0 Å². The lowest BCUT2D eigenvalue weighted by atomic mass is 10.0. The Hall–Kier alpha value is -2.79. The summed E-state index contributed by atoms with van der Waals surface area (Å²) in [6, 6.07) is 17.3. The predicted molar refractivity (Wildman–Crippen MR) is 102 cm³/mol. The predicted octanol–water partition coefficient (Wildman–Crippen LogP) is 4.92. The molecular weight excluding hydrogens is 332 g/mol. The van der Waals surface area contributed by atoms with E-state index in [-0.39, 0.29) is 12.1 Å². The van der Waals surface area contributed by atoms with E-state index in [0.717, 1.165) is 22.7 Å². The van der Waals surface area contributed by atoms with Gasteiger partial charge < -0.3 is 10.1 Å². The molecule has 3 aromatic rings. The van der Waals surface area contributed by atoms with Gasteiger partial charge in [0.05, 0.1) is 12.2 Å². The van der Waals surface area contributed by atoms with E-state index < -0.39 is 0 Å². The summed E-state index contributed by atoms with van der Waals surface area (Å²) in [6.07, 6.45) is -0.230. The molecule has 0 spiro atoms. The maximum absolute atomic E-state index is 13.2. The molecule has 126 valence electrons. The van der Waals surface area contributed by atoms with Crippen molar-refractivity contribution in [1.82, 2.24) is 0 Å². The van der Waals surface area contributed by atoms with E-state index in [9.17, 15) is 4.79 Å². The Bertz CT molecular complexity index is 875. The van der Waals surface area contributed by atoms with E-state index in [0.29, 0.717) is 12.2 Å². The van der Waals surface area contributed by atoms with Crippen LogP contribution in [0, 0.1) is 0 Å². The van der Waals surface area contributed by atoms with Crippen molar-refractivity contribution in [2.75, 3.05) is 16.8 Å². The number of para-hydroxylation sites is 1. The number of amides is 1. The zero-order valence-electron chi connectivity index (χ0n) is 13.8. The van der Waals surface area contributed by atoms with Crippen molar-refractivity contribution in [1.29, 1.82) is 0 Å². The Labute approximate surface area is 150 Å². The minimum atomic E-state index is -0.230. The summed E-state index contributed by atoms with van der Waals surface area (Å²) in [5.74, 6) is 0.797. The Balaban J connectivity index is 1.78. The van der Waals surface area contributed by atoms with Crippen LogP contribution in [-0.4, -0.2) is 12.5 Å². The highest BCUT2D eigenvalue weighted by atomic mass is 32.1. The van der Waals surface area contributed by atoms with Crippen LogP contribution in [0.25, 0.3) is 0 Å². The first kappa shape index (κ1) is 15.7. The molecule has 0 bridgehead atoms. The van der Waals surface area contributed by atoms with Gasteiger partial charge in [-0.25, -0.2) is 0 Å². The molecular formula is C20H18N2O2S. The molecule has 1 amide bonds. The molecule has 0 radical (unpaired) electrons. The summed E-state index contributed by atoms with van der Waals surface area (Å²) in [5, 5.41) is 7.59. The third-order valence-electron chi connectivity index (χ3n) is 4.21. The smallest absolute Gasteiger partial charge is 0.262 e. The number of rotatable bonds is 4. The molecule has 0 fully saturated rings. The summed E-state index contributed by atoms with van der Waals surface area (Å²) in [5.41, 5.74) is 3.46. The summed E-state index contributed by atoms with van der Waals surface area (Å²) in [7, 11) is 0. The van der Waals surface area contributed by atoms with Gasteiger partial charge in [0.1, 0.15) is 11.9 Å². The summed E-state index contributed by atoms with van der Waals surface area (Å²) >= 11 is 1.62. The molecule has 1 atom stereocenters. The molecule has 1 N–H and O–H groups in total. The van der Waals surface area contributed by atoms with Crippen LogP contribution >= 0.6 is 11.3 Å². The normalized spacial score (nSPS) is 16.3. The molecule has 2 heterocycles. The third kappa shape index (κ3) is 2.87. The van der Waals surface area contributed by atoms with E-state index in [2.05, 4.69) is 10.7 Å². The van der Waals surface area contributed by atoms with Crippen molar-refractivity contribution in [3.8, 4) is 5.75 Å². The van der Waals surface area contributed by atoms with Crippen molar-refractivity contribution < 1.29 is 9.53 Å². The molecule has 5 heteroatoms. The van der Waals surface area contributed by atoms with E-state index >= 15 is 0 Å². The number of hydrogen-bond donors (Lipinski definition) is 1. The van der Waals surface area contributed by atoms with Crippen molar-refractivity contribution in [2.45, 2.75) is 13.1 Å². The van der Waals surface area contributed by atoms with Crippen molar-refractivity contribution >= 4 is 28.6 Å². The molecule has 0 saturated heterocycles. The van der Waals surface area contributed by atoms with Crippen molar-refractivity contribution in [3.05, 3.63) is 76.5 Å². The van der Waals surface area contributed by atoms with Gasteiger partial charge in [-0.05, 0) is 60.1 Å². The highest BCUT2D eigenvalue weighted by Gasteiger charge is 2.34. The minimum Gasteiger partial charge on any atom is -0.494 e. The number of nitrogens with one attached hydrogen (secondary N) is 1. The average Bonchev–Trinajstić information content (AvgIpc) is 3.17. The number of ether oxygens (including phenoxy) is 1. The number of thiophene rings is 1. The fourth-order valence-corrected chi connectivity index (χ4v) is 3.73. The lowest BCUT2D eigenvalue weighted by Gasteiger charge is -2.37. The number of fused-ring (bicyclic) bond motifs is 1. The van der Waals surface area contributed by atoms with Gasteiger partial charge in [0.25, 0.3) is 5.91 Å². The zero-order chi connectivity index (χ0) is 17.2. The Kier molecular flexibility index (Phi) is 4.15. The fourth-order valence-electron chi connectivity index (χ4n) is 3.05.